The SMILES string of the molecule is CC(C)(C)c1cc(O)ccc1C(OP(=O)(O)O)C(C)(C)C. The Balaban J connectivity index is 3.49. The van der Waals surface area contributed by atoms with Crippen molar-refractivity contribution >= 4 is 7.82 Å². The van der Waals surface area contributed by atoms with Crippen LogP contribution in [-0.4, -0.2) is 14.9 Å². The lowest BCUT2D eigenvalue weighted by molar-refractivity contribution is 0.0510. The molecule has 0 saturated carbocycles. The van der Waals surface area contributed by atoms with E-state index in [1.807, 2.05) is 41.5 Å². The maximum atomic E-state index is 11.3. The summed E-state index contributed by atoms with van der Waals surface area (Å²) < 4.78 is 16.4. The van der Waals surface area contributed by atoms with Gasteiger partial charge in [0, 0.05) is 0 Å². The molecule has 1 rings (SSSR count). The lowest BCUT2D eigenvalue weighted by Crippen LogP contribution is -2.25. The zero-order valence-corrected chi connectivity index (χ0v) is 14.3. The highest BCUT2D eigenvalue weighted by atomic mass is 31.2. The predicted octanol–water partition coefficient (Wildman–Crippen LogP) is 3.89. The Labute approximate surface area is 126 Å². The van der Waals surface area contributed by atoms with Gasteiger partial charge in [-0.1, -0.05) is 47.6 Å². The van der Waals surface area contributed by atoms with Crippen LogP contribution in [0.15, 0.2) is 18.2 Å². The number of hydrogen-bond donors (Lipinski definition) is 3. The highest BCUT2D eigenvalue weighted by Gasteiger charge is 2.36. The van der Waals surface area contributed by atoms with Crippen LogP contribution in [0.5, 0.6) is 5.75 Å². The summed E-state index contributed by atoms with van der Waals surface area (Å²) in [6, 6.07) is 4.80. The molecule has 21 heavy (non-hydrogen) atoms. The van der Waals surface area contributed by atoms with Gasteiger partial charge in [0.05, 0.1) is 6.10 Å². The Bertz CT molecular complexity index is 548. The summed E-state index contributed by atoms with van der Waals surface area (Å²) in [7, 11) is -4.63. The maximum absolute atomic E-state index is 11.3. The fraction of sp³-hybridized carbons (Fsp3) is 0.600. The molecule has 0 aliphatic rings. The van der Waals surface area contributed by atoms with Crippen molar-refractivity contribution in [2.75, 3.05) is 0 Å². The van der Waals surface area contributed by atoms with Gasteiger partial charge in [0.2, 0.25) is 0 Å². The van der Waals surface area contributed by atoms with Crippen LogP contribution in [0.2, 0.25) is 0 Å². The molecule has 0 saturated heterocycles. The summed E-state index contributed by atoms with van der Waals surface area (Å²) in [5, 5.41) is 9.72. The van der Waals surface area contributed by atoms with Gasteiger partial charge in [0.15, 0.2) is 0 Å². The van der Waals surface area contributed by atoms with Crippen molar-refractivity contribution in [2.24, 2.45) is 5.41 Å². The number of phosphoric acid groups is 1. The minimum absolute atomic E-state index is 0.118. The molecule has 3 N–H and O–H groups in total. The van der Waals surface area contributed by atoms with E-state index in [1.165, 1.54) is 6.07 Å². The summed E-state index contributed by atoms with van der Waals surface area (Å²) in [4.78, 5) is 18.4. The monoisotopic (exact) mass is 316 g/mol. The van der Waals surface area contributed by atoms with E-state index in [0.717, 1.165) is 5.56 Å². The van der Waals surface area contributed by atoms with Gasteiger partial charge in [-0.2, -0.15) is 0 Å². The summed E-state index contributed by atoms with van der Waals surface area (Å²) in [6.45, 7) is 11.5. The van der Waals surface area contributed by atoms with Crippen molar-refractivity contribution in [1.82, 2.24) is 0 Å². The molecule has 1 aromatic carbocycles. The summed E-state index contributed by atoms with van der Waals surface area (Å²) in [6.07, 6.45) is -0.784. The minimum atomic E-state index is -4.63. The third-order valence-corrected chi connectivity index (χ3v) is 3.64. The second-order valence-electron chi connectivity index (χ2n) is 7.36. The first kappa shape index (κ1) is 18.2. The zero-order valence-electron chi connectivity index (χ0n) is 13.4. The molecule has 0 aromatic heterocycles. The van der Waals surface area contributed by atoms with E-state index < -0.39 is 19.3 Å². The van der Waals surface area contributed by atoms with Gasteiger partial charge >= 0.3 is 7.82 Å². The number of aromatic hydroxyl groups is 1. The number of phosphoric ester groups is 1. The third-order valence-electron chi connectivity index (χ3n) is 3.16. The van der Waals surface area contributed by atoms with Crippen LogP contribution in [0.3, 0.4) is 0 Å². The lowest BCUT2D eigenvalue weighted by atomic mass is 9.76. The van der Waals surface area contributed by atoms with Gasteiger partial charge < -0.3 is 14.9 Å². The largest absolute Gasteiger partial charge is 0.508 e. The highest BCUT2D eigenvalue weighted by Crippen LogP contribution is 2.50. The van der Waals surface area contributed by atoms with Crippen LogP contribution in [0.1, 0.15) is 58.8 Å². The fourth-order valence-corrected chi connectivity index (χ4v) is 2.95. The molecule has 1 aromatic rings. The molecule has 0 aliphatic heterocycles. The minimum Gasteiger partial charge on any atom is -0.508 e. The van der Waals surface area contributed by atoms with Crippen molar-refractivity contribution in [1.29, 1.82) is 0 Å². The Morgan fingerprint density at radius 2 is 1.62 bits per heavy atom. The van der Waals surface area contributed by atoms with E-state index in [2.05, 4.69) is 0 Å². The van der Waals surface area contributed by atoms with Crippen LogP contribution in [-0.2, 0) is 14.5 Å². The standard InChI is InChI=1S/C15H25O5P/c1-14(2,3)12-9-10(16)7-8-11(12)13(15(4,5)6)20-21(17,18)19/h7-9,13,16H,1-6H3,(H2,17,18,19). The lowest BCUT2D eigenvalue weighted by Gasteiger charge is -2.35. The molecule has 0 fully saturated rings. The number of phenolic OH excluding ortho intramolecular Hbond substituents is 1. The Morgan fingerprint density at radius 1 is 1.10 bits per heavy atom. The average molecular weight is 316 g/mol. The van der Waals surface area contributed by atoms with Gasteiger partial charge in [-0.25, -0.2) is 4.57 Å². The Morgan fingerprint density at radius 3 is 2.00 bits per heavy atom. The van der Waals surface area contributed by atoms with Crippen molar-refractivity contribution in [3.8, 4) is 5.75 Å². The first-order chi connectivity index (χ1) is 9.22. The molecular weight excluding hydrogens is 291 g/mol. The molecule has 0 bridgehead atoms. The van der Waals surface area contributed by atoms with Crippen molar-refractivity contribution < 1.29 is 24.0 Å². The Kier molecular flexibility index (Phi) is 4.96. The van der Waals surface area contributed by atoms with E-state index in [1.54, 1.807) is 12.1 Å². The van der Waals surface area contributed by atoms with E-state index in [-0.39, 0.29) is 11.2 Å². The zero-order chi connectivity index (χ0) is 16.6. The summed E-state index contributed by atoms with van der Waals surface area (Å²) >= 11 is 0. The van der Waals surface area contributed by atoms with E-state index in [4.69, 9.17) is 4.52 Å². The van der Waals surface area contributed by atoms with Crippen molar-refractivity contribution in [2.45, 2.75) is 53.1 Å². The smallest absolute Gasteiger partial charge is 0.470 e. The van der Waals surface area contributed by atoms with E-state index in [9.17, 15) is 19.5 Å². The normalized spacial score (nSPS) is 15.0. The molecule has 0 aliphatic carbocycles. The molecule has 0 spiro atoms. The summed E-state index contributed by atoms with van der Waals surface area (Å²) in [5.41, 5.74) is 0.667. The molecule has 0 radical (unpaired) electrons. The van der Waals surface area contributed by atoms with E-state index >= 15 is 0 Å². The molecule has 5 nitrogen and oxygen atoms in total. The molecule has 6 heteroatoms. The number of benzene rings is 1. The molecular formula is C15H25O5P. The molecule has 0 heterocycles. The third kappa shape index (κ3) is 5.11. The first-order valence-corrected chi connectivity index (χ1v) is 8.32. The van der Waals surface area contributed by atoms with E-state index in [0.29, 0.717) is 5.56 Å². The predicted molar refractivity (Wildman–Crippen MR) is 82.1 cm³/mol. The number of phenols is 1. The summed E-state index contributed by atoms with van der Waals surface area (Å²) in [5.74, 6) is 0.118. The van der Waals surface area contributed by atoms with Crippen LogP contribution in [0.25, 0.3) is 0 Å². The fourth-order valence-electron chi connectivity index (χ4n) is 2.24. The van der Waals surface area contributed by atoms with Gasteiger partial charge in [0.25, 0.3) is 0 Å². The van der Waals surface area contributed by atoms with Crippen LogP contribution < -0.4 is 0 Å². The number of hydrogen-bond acceptors (Lipinski definition) is 3. The van der Waals surface area contributed by atoms with Crippen molar-refractivity contribution in [3.05, 3.63) is 29.3 Å². The second-order valence-corrected chi connectivity index (χ2v) is 8.56. The number of rotatable bonds is 3. The van der Waals surface area contributed by atoms with Gasteiger partial charge in [-0.05, 0) is 34.1 Å². The van der Waals surface area contributed by atoms with Gasteiger partial charge in [0.1, 0.15) is 5.75 Å². The molecule has 1 unspecified atom stereocenters. The van der Waals surface area contributed by atoms with Gasteiger partial charge in [-0.15, -0.1) is 0 Å². The van der Waals surface area contributed by atoms with Crippen LogP contribution in [0, 0.1) is 5.41 Å². The second kappa shape index (κ2) is 5.73. The highest BCUT2D eigenvalue weighted by molar-refractivity contribution is 7.46. The van der Waals surface area contributed by atoms with Crippen molar-refractivity contribution in [3.63, 3.8) is 0 Å². The maximum Gasteiger partial charge on any atom is 0.470 e. The molecule has 120 valence electrons. The van der Waals surface area contributed by atoms with Crippen LogP contribution in [0.4, 0.5) is 0 Å². The quantitative estimate of drug-likeness (QED) is 0.737. The topological polar surface area (TPSA) is 87.0 Å². The average Bonchev–Trinajstić information content (AvgIpc) is 2.22. The molecule has 1 atom stereocenters. The molecule has 0 amide bonds. The first-order valence-electron chi connectivity index (χ1n) is 6.79. The van der Waals surface area contributed by atoms with Crippen LogP contribution >= 0.6 is 7.82 Å². The Hall–Kier alpha value is -0.870. The van der Waals surface area contributed by atoms with Gasteiger partial charge in [-0.3, -0.25) is 4.52 Å².